The fourth-order valence-electron chi connectivity index (χ4n) is 9.40. The lowest BCUT2D eigenvalue weighted by Crippen LogP contribution is -2.37. The lowest BCUT2D eigenvalue weighted by Gasteiger charge is -2.44. The van der Waals surface area contributed by atoms with Gasteiger partial charge in [-0.25, -0.2) is 0 Å². The predicted molar refractivity (Wildman–Crippen MR) is 223 cm³/mol. The molecule has 6 aromatic carbocycles. The van der Waals surface area contributed by atoms with Crippen LogP contribution in [0.3, 0.4) is 0 Å². The third kappa shape index (κ3) is 4.70. The van der Waals surface area contributed by atoms with Gasteiger partial charge in [0, 0.05) is 31.4 Å². The van der Waals surface area contributed by atoms with E-state index in [-0.39, 0.29) is 17.6 Å². The Balaban J connectivity index is 1.06. The largest absolute Gasteiger partial charge is 0.485 e. The van der Waals surface area contributed by atoms with Crippen LogP contribution in [0.25, 0.3) is 53.6 Å². The Hall–Kier alpha value is -5.90. The van der Waals surface area contributed by atoms with Crippen molar-refractivity contribution in [2.24, 2.45) is 5.41 Å². The van der Waals surface area contributed by atoms with E-state index in [0.29, 0.717) is 0 Å². The van der Waals surface area contributed by atoms with E-state index in [4.69, 9.17) is 4.74 Å². The van der Waals surface area contributed by atoms with Crippen LogP contribution in [0.15, 0.2) is 181 Å². The molecule has 2 aliphatic heterocycles. The molecule has 7 aromatic rings. The summed E-state index contributed by atoms with van der Waals surface area (Å²) < 4.78 is 9.59. The van der Waals surface area contributed by atoms with E-state index in [0.717, 1.165) is 18.6 Å². The highest BCUT2D eigenvalue weighted by molar-refractivity contribution is 7.25. The summed E-state index contributed by atoms with van der Waals surface area (Å²) in [6.45, 7) is 2.44. The molecule has 0 radical (unpaired) electrons. The minimum atomic E-state index is -0.308. The summed E-state index contributed by atoms with van der Waals surface area (Å²) in [4.78, 5) is 0. The standard InChI is InChI=1S/C50H37NOS/c1-50-41-18-7-9-20-43(41)52-46(50)30-40-47(38-17-5-8-19-42(38)51-49(40)33-12-3-2-4-13-33)48(50)36-15-11-14-34(28-36)31-22-24-32(25-23-31)35-26-27-45-39(29-35)37-16-6-10-21-44(37)53-45/h2-6,8-17,19-30,46,49,51H,7,18H2,1H3. The molecular weight excluding hydrogens is 663 g/mol. The van der Waals surface area contributed by atoms with Gasteiger partial charge in [-0.05, 0) is 118 Å². The second-order valence-electron chi connectivity index (χ2n) is 14.9. The fourth-order valence-corrected chi connectivity index (χ4v) is 10.5. The van der Waals surface area contributed by atoms with E-state index in [1.807, 2.05) is 11.3 Å². The maximum atomic E-state index is 6.92. The second-order valence-corrected chi connectivity index (χ2v) is 16.0. The van der Waals surface area contributed by atoms with Gasteiger partial charge in [-0.1, -0.05) is 121 Å². The van der Waals surface area contributed by atoms with Gasteiger partial charge in [0.1, 0.15) is 11.9 Å². The second kappa shape index (κ2) is 11.8. The first-order valence-corrected chi connectivity index (χ1v) is 19.5. The number of nitrogens with one attached hydrogen (secondary N) is 1. The van der Waals surface area contributed by atoms with Gasteiger partial charge in [-0.15, -0.1) is 11.3 Å². The van der Waals surface area contributed by atoms with Crippen LogP contribution < -0.4 is 5.32 Å². The molecule has 254 valence electrons. The number of thiophene rings is 1. The van der Waals surface area contributed by atoms with E-state index >= 15 is 0 Å². The number of rotatable bonds is 4. The molecule has 0 fully saturated rings. The fraction of sp³-hybridized carbons (Fsp3) is 0.120. The molecule has 3 heterocycles. The van der Waals surface area contributed by atoms with E-state index < -0.39 is 0 Å². The molecule has 2 aliphatic carbocycles. The van der Waals surface area contributed by atoms with Crippen molar-refractivity contribution >= 4 is 48.3 Å². The number of benzene rings is 6. The van der Waals surface area contributed by atoms with Crippen molar-refractivity contribution in [2.45, 2.75) is 31.9 Å². The van der Waals surface area contributed by atoms with Crippen molar-refractivity contribution in [1.82, 2.24) is 0 Å². The van der Waals surface area contributed by atoms with Gasteiger partial charge in [0.2, 0.25) is 0 Å². The number of anilines is 1. The Labute approximate surface area is 314 Å². The van der Waals surface area contributed by atoms with Crippen LogP contribution in [0, 0.1) is 5.41 Å². The van der Waals surface area contributed by atoms with E-state index in [1.54, 1.807) is 0 Å². The molecule has 0 spiro atoms. The van der Waals surface area contributed by atoms with Crippen LogP contribution in [-0.2, 0) is 4.74 Å². The van der Waals surface area contributed by atoms with Crippen molar-refractivity contribution in [1.29, 1.82) is 0 Å². The van der Waals surface area contributed by atoms with Crippen LogP contribution in [0.1, 0.15) is 42.5 Å². The molecule has 53 heavy (non-hydrogen) atoms. The summed E-state index contributed by atoms with van der Waals surface area (Å²) >= 11 is 1.87. The van der Waals surface area contributed by atoms with Crippen LogP contribution in [0.4, 0.5) is 5.69 Å². The Morgan fingerprint density at radius 1 is 0.660 bits per heavy atom. The zero-order valence-corrected chi connectivity index (χ0v) is 30.3. The molecule has 0 amide bonds. The molecule has 3 atom stereocenters. The number of hydrogen-bond donors (Lipinski definition) is 1. The highest BCUT2D eigenvalue weighted by Crippen LogP contribution is 2.62. The van der Waals surface area contributed by atoms with Crippen LogP contribution >= 0.6 is 11.3 Å². The lowest BCUT2D eigenvalue weighted by atomic mass is 9.61. The number of allylic oxidation sites excluding steroid dienone is 2. The average Bonchev–Trinajstić information content (AvgIpc) is 3.74. The predicted octanol–water partition coefficient (Wildman–Crippen LogP) is 13.4. The third-order valence-electron chi connectivity index (χ3n) is 12.0. The maximum absolute atomic E-state index is 6.92. The van der Waals surface area contributed by atoms with Gasteiger partial charge in [0.15, 0.2) is 0 Å². The van der Waals surface area contributed by atoms with Crippen molar-refractivity contribution < 1.29 is 4.74 Å². The van der Waals surface area contributed by atoms with E-state index in [9.17, 15) is 0 Å². The van der Waals surface area contributed by atoms with Gasteiger partial charge in [0.05, 0.1) is 11.5 Å². The minimum Gasteiger partial charge on any atom is -0.485 e. The average molecular weight is 700 g/mol. The number of ether oxygens (including phenoxy) is 1. The van der Waals surface area contributed by atoms with Gasteiger partial charge in [-0.3, -0.25) is 0 Å². The van der Waals surface area contributed by atoms with Crippen LogP contribution in [-0.4, -0.2) is 6.10 Å². The van der Waals surface area contributed by atoms with E-state index in [2.05, 4.69) is 176 Å². The Kier molecular flexibility index (Phi) is 6.84. The number of hydrogen-bond acceptors (Lipinski definition) is 3. The molecule has 0 saturated heterocycles. The zero-order chi connectivity index (χ0) is 35.1. The number of para-hydroxylation sites is 1. The molecular formula is C50H37NOS. The molecule has 3 unspecified atom stereocenters. The molecule has 2 nitrogen and oxygen atoms in total. The van der Waals surface area contributed by atoms with Gasteiger partial charge in [-0.2, -0.15) is 0 Å². The van der Waals surface area contributed by atoms with Gasteiger partial charge in [0.25, 0.3) is 0 Å². The minimum absolute atomic E-state index is 0.0134. The normalized spacial score (nSPS) is 21.4. The smallest absolute Gasteiger partial charge is 0.131 e. The first kappa shape index (κ1) is 30.7. The maximum Gasteiger partial charge on any atom is 0.131 e. The van der Waals surface area contributed by atoms with Gasteiger partial charge < -0.3 is 10.1 Å². The summed E-state index contributed by atoms with van der Waals surface area (Å²) in [6, 6.07) is 53.7. The van der Waals surface area contributed by atoms with Crippen molar-refractivity contribution in [3.8, 4) is 22.3 Å². The zero-order valence-electron chi connectivity index (χ0n) is 29.5. The molecule has 11 rings (SSSR count). The lowest BCUT2D eigenvalue weighted by molar-refractivity contribution is 0.140. The van der Waals surface area contributed by atoms with Crippen LogP contribution in [0.2, 0.25) is 0 Å². The summed E-state index contributed by atoms with van der Waals surface area (Å²) in [5.74, 6) is 1.05. The SMILES string of the molecule is CC12C3=C(C=CCC3)OC1C=C1C(=C2c2cccc(-c3ccc(-c4ccc5sc6ccccc6c5c4)cc3)c2)c2ccccc2NC1c1ccccc1. The summed E-state index contributed by atoms with van der Waals surface area (Å²) in [7, 11) is 0. The Bertz CT molecular complexity index is 2740. The van der Waals surface area contributed by atoms with Crippen LogP contribution in [0.5, 0.6) is 0 Å². The summed E-state index contributed by atoms with van der Waals surface area (Å²) in [6.07, 6.45) is 8.86. The topological polar surface area (TPSA) is 21.3 Å². The van der Waals surface area contributed by atoms with Crippen molar-refractivity contribution in [3.63, 3.8) is 0 Å². The summed E-state index contributed by atoms with van der Waals surface area (Å²) in [5.41, 5.74) is 15.0. The quantitative estimate of drug-likeness (QED) is 0.197. The summed E-state index contributed by atoms with van der Waals surface area (Å²) in [5, 5.41) is 6.59. The molecule has 1 N–H and O–H groups in total. The molecule has 3 heteroatoms. The molecule has 1 aromatic heterocycles. The van der Waals surface area contributed by atoms with E-state index in [1.165, 1.54) is 87.1 Å². The molecule has 4 aliphatic rings. The van der Waals surface area contributed by atoms with Gasteiger partial charge >= 0.3 is 0 Å². The van der Waals surface area contributed by atoms with Crippen molar-refractivity contribution in [2.75, 3.05) is 5.32 Å². The third-order valence-corrected chi connectivity index (χ3v) is 13.1. The molecule has 0 bridgehead atoms. The Morgan fingerprint density at radius 2 is 1.38 bits per heavy atom. The molecule has 0 saturated carbocycles. The monoisotopic (exact) mass is 699 g/mol. The Morgan fingerprint density at radius 3 is 2.25 bits per heavy atom. The van der Waals surface area contributed by atoms with Crippen molar-refractivity contribution in [3.05, 3.63) is 197 Å². The first-order chi connectivity index (χ1) is 26.1. The first-order valence-electron chi connectivity index (χ1n) is 18.7. The highest BCUT2D eigenvalue weighted by atomic mass is 32.1. The number of fused-ring (bicyclic) bond motifs is 8. The highest BCUT2D eigenvalue weighted by Gasteiger charge is 2.53.